The Balaban J connectivity index is 2.82. The quantitative estimate of drug-likeness (QED) is 0.596. The van der Waals surface area contributed by atoms with E-state index in [0.29, 0.717) is 6.07 Å². The molecular formula is C12H16F2N2O3S. The molecule has 0 spiro atoms. The number of rotatable bonds is 7. The molecular weight excluding hydrogens is 290 g/mol. The summed E-state index contributed by atoms with van der Waals surface area (Å²) in [6.45, 7) is 1.79. The summed E-state index contributed by atoms with van der Waals surface area (Å²) in [6, 6.07) is 1.27. The molecule has 0 aliphatic rings. The molecule has 1 aromatic carbocycles. The van der Waals surface area contributed by atoms with Gasteiger partial charge in [-0.05, 0) is 13.2 Å². The van der Waals surface area contributed by atoms with Crippen LogP contribution in [0.15, 0.2) is 12.1 Å². The fraction of sp³-hybridized carbons (Fsp3) is 0.500. The van der Waals surface area contributed by atoms with E-state index in [-0.39, 0.29) is 30.0 Å². The molecule has 1 aromatic rings. The molecule has 0 aromatic heterocycles. The van der Waals surface area contributed by atoms with Crippen LogP contribution < -0.4 is 5.32 Å². The van der Waals surface area contributed by atoms with Crippen LogP contribution >= 0.6 is 11.8 Å². The van der Waals surface area contributed by atoms with Crippen molar-refractivity contribution < 1.29 is 18.8 Å². The number of nitrogens with one attached hydrogen (secondary N) is 1. The largest absolute Gasteiger partial charge is 0.395 e. The van der Waals surface area contributed by atoms with Crippen LogP contribution in [0.2, 0.25) is 0 Å². The lowest BCUT2D eigenvalue weighted by Crippen LogP contribution is -2.37. The van der Waals surface area contributed by atoms with Crippen LogP contribution in [0.25, 0.3) is 0 Å². The molecule has 0 fully saturated rings. The van der Waals surface area contributed by atoms with Crippen LogP contribution in [-0.2, 0) is 6.54 Å². The standard InChI is InChI=1S/C12H16F2N2O3S/c1-7(12(6-17)20-2)15-5-8-3-11(16(18)19)10(14)4-9(8)13/h3-4,7,12,15,17H,5-6H2,1-2H3. The topological polar surface area (TPSA) is 75.4 Å². The summed E-state index contributed by atoms with van der Waals surface area (Å²) in [5.41, 5.74) is -0.734. The number of hydrogen-bond acceptors (Lipinski definition) is 5. The normalized spacial score (nSPS) is 14.1. The summed E-state index contributed by atoms with van der Waals surface area (Å²) >= 11 is 1.45. The van der Waals surface area contributed by atoms with E-state index in [1.54, 1.807) is 0 Å². The zero-order valence-corrected chi connectivity index (χ0v) is 11.9. The van der Waals surface area contributed by atoms with E-state index in [4.69, 9.17) is 5.11 Å². The number of halogens is 2. The lowest BCUT2D eigenvalue weighted by Gasteiger charge is -2.21. The van der Waals surface area contributed by atoms with Crippen molar-refractivity contribution in [1.29, 1.82) is 0 Å². The first kappa shape index (κ1) is 16.8. The second-order valence-corrected chi connectivity index (χ2v) is 5.36. The number of benzene rings is 1. The molecule has 20 heavy (non-hydrogen) atoms. The Bertz CT molecular complexity index is 484. The molecule has 2 atom stereocenters. The van der Waals surface area contributed by atoms with Crippen molar-refractivity contribution in [2.24, 2.45) is 0 Å². The lowest BCUT2D eigenvalue weighted by molar-refractivity contribution is -0.387. The Morgan fingerprint density at radius 2 is 2.10 bits per heavy atom. The van der Waals surface area contributed by atoms with Crippen molar-refractivity contribution in [1.82, 2.24) is 5.32 Å². The maximum Gasteiger partial charge on any atom is 0.305 e. The van der Waals surface area contributed by atoms with Crippen LogP contribution in [0.3, 0.4) is 0 Å². The molecule has 8 heteroatoms. The average Bonchev–Trinajstić information content (AvgIpc) is 2.38. The molecule has 0 saturated heterocycles. The Kier molecular flexibility index (Phi) is 6.31. The third kappa shape index (κ3) is 4.12. The predicted molar refractivity (Wildman–Crippen MR) is 73.7 cm³/mol. The van der Waals surface area contributed by atoms with E-state index in [1.807, 2.05) is 13.2 Å². The van der Waals surface area contributed by atoms with Gasteiger partial charge in [0.05, 0.1) is 11.5 Å². The molecule has 112 valence electrons. The van der Waals surface area contributed by atoms with Crippen LogP contribution in [0.1, 0.15) is 12.5 Å². The maximum absolute atomic E-state index is 13.6. The summed E-state index contributed by atoms with van der Waals surface area (Å²) in [5.74, 6) is -2.03. The molecule has 0 aliphatic carbocycles. The molecule has 5 nitrogen and oxygen atoms in total. The first-order chi connectivity index (χ1) is 9.40. The van der Waals surface area contributed by atoms with Gasteiger partial charge in [-0.2, -0.15) is 16.2 Å². The van der Waals surface area contributed by atoms with Gasteiger partial charge in [-0.15, -0.1) is 0 Å². The van der Waals surface area contributed by atoms with Gasteiger partial charge < -0.3 is 10.4 Å². The number of thioether (sulfide) groups is 1. The number of aliphatic hydroxyl groups excluding tert-OH is 1. The van der Waals surface area contributed by atoms with Gasteiger partial charge in [-0.3, -0.25) is 10.1 Å². The van der Waals surface area contributed by atoms with Gasteiger partial charge in [-0.25, -0.2) is 4.39 Å². The first-order valence-corrected chi connectivity index (χ1v) is 7.18. The minimum Gasteiger partial charge on any atom is -0.395 e. The fourth-order valence-electron chi connectivity index (χ4n) is 1.70. The molecule has 2 unspecified atom stereocenters. The average molecular weight is 306 g/mol. The molecule has 1 rings (SSSR count). The van der Waals surface area contributed by atoms with Gasteiger partial charge in [0.2, 0.25) is 5.82 Å². The summed E-state index contributed by atoms with van der Waals surface area (Å²) in [4.78, 5) is 9.72. The highest BCUT2D eigenvalue weighted by atomic mass is 32.2. The smallest absolute Gasteiger partial charge is 0.305 e. The molecule has 0 heterocycles. The van der Waals surface area contributed by atoms with E-state index in [2.05, 4.69) is 5.32 Å². The van der Waals surface area contributed by atoms with Gasteiger partial charge in [-0.1, -0.05) is 0 Å². The number of aliphatic hydroxyl groups is 1. The molecule has 0 radical (unpaired) electrons. The molecule has 0 bridgehead atoms. The summed E-state index contributed by atoms with van der Waals surface area (Å²) in [6.07, 6.45) is 1.84. The number of nitro groups is 1. The van der Waals surface area contributed by atoms with Crippen molar-refractivity contribution in [2.75, 3.05) is 12.9 Å². The first-order valence-electron chi connectivity index (χ1n) is 5.90. The van der Waals surface area contributed by atoms with Crippen LogP contribution in [-0.4, -0.2) is 34.2 Å². The Hall–Kier alpha value is -1.25. The minimum absolute atomic E-state index is 0.0164. The van der Waals surface area contributed by atoms with E-state index in [0.717, 1.165) is 6.07 Å². The van der Waals surface area contributed by atoms with Crippen molar-refractivity contribution in [3.8, 4) is 0 Å². The van der Waals surface area contributed by atoms with Crippen LogP contribution in [0.5, 0.6) is 0 Å². The highest BCUT2D eigenvalue weighted by Crippen LogP contribution is 2.22. The van der Waals surface area contributed by atoms with Crippen molar-refractivity contribution >= 4 is 17.4 Å². The Labute approximate surface area is 119 Å². The predicted octanol–water partition coefficient (Wildman–Crippen LogP) is 2.07. The van der Waals surface area contributed by atoms with Gasteiger partial charge in [0.25, 0.3) is 0 Å². The zero-order chi connectivity index (χ0) is 15.3. The second kappa shape index (κ2) is 7.51. The van der Waals surface area contributed by atoms with Gasteiger partial charge in [0.1, 0.15) is 5.82 Å². The number of nitrogens with zero attached hydrogens (tertiary/aromatic N) is 1. The fourth-order valence-corrected chi connectivity index (χ4v) is 2.35. The van der Waals surface area contributed by atoms with E-state index < -0.39 is 22.2 Å². The summed E-state index contributed by atoms with van der Waals surface area (Å²) in [7, 11) is 0. The lowest BCUT2D eigenvalue weighted by atomic mass is 10.1. The molecule has 0 amide bonds. The highest BCUT2D eigenvalue weighted by Gasteiger charge is 2.20. The highest BCUT2D eigenvalue weighted by molar-refractivity contribution is 7.99. The van der Waals surface area contributed by atoms with Gasteiger partial charge >= 0.3 is 5.69 Å². The monoisotopic (exact) mass is 306 g/mol. The summed E-state index contributed by atoms with van der Waals surface area (Å²) in [5, 5.41) is 22.6. The second-order valence-electron chi connectivity index (χ2n) is 4.28. The van der Waals surface area contributed by atoms with E-state index in [1.165, 1.54) is 11.8 Å². The van der Waals surface area contributed by atoms with Crippen molar-refractivity contribution in [3.05, 3.63) is 39.4 Å². The van der Waals surface area contributed by atoms with Gasteiger partial charge in [0, 0.05) is 35.5 Å². The Morgan fingerprint density at radius 1 is 1.45 bits per heavy atom. The molecule has 0 saturated carbocycles. The SMILES string of the molecule is CSC(CO)C(C)NCc1cc([N+](=O)[O-])c(F)cc1F. The third-order valence-electron chi connectivity index (χ3n) is 2.97. The maximum atomic E-state index is 13.6. The van der Waals surface area contributed by atoms with Crippen molar-refractivity contribution in [2.45, 2.75) is 24.8 Å². The summed E-state index contributed by atoms with van der Waals surface area (Å²) < 4.78 is 26.7. The number of hydrogen-bond donors (Lipinski definition) is 2. The Morgan fingerprint density at radius 3 is 2.60 bits per heavy atom. The van der Waals surface area contributed by atoms with Crippen molar-refractivity contribution in [3.63, 3.8) is 0 Å². The van der Waals surface area contributed by atoms with Crippen LogP contribution in [0, 0.1) is 21.7 Å². The molecule has 0 aliphatic heterocycles. The van der Waals surface area contributed by atoms with E-state index >= 15 is 0 Å². The minimum atomic E-state index is -1.19. The van der Waals surface area contributed by atoms with E-state index in [9.17, 15) is 18.9 Å². The van der Waals surface area contributed by atoms with Gasteiger partial charge in [0.15, 0.2) is 0 Å². The zero-order valence-electron chi connectivity index (χ0n) is 11.1. The van der Waals surface area contributed by atoms with Crippen LogP contribution in [0.4, 0.5) is 14.5 Å². The number of nitro benzene ring substituents is 1. The third-order valence-corrected chi connectivity index (χ3v) is 4.13. The molecule has 2 N–H and O–H groups in total.